The Hall–Kier alpha value is -6.20. The molecule has 14 heteroatoms. The molecule has 4 saturated heterocycles. The van der Waals surface area contributed by atoms with Gasteiger partial charge in [0.2, 0.25) is 17.4 Å². The summed E-state index contributed by atoms with van der Waals surface area (Å²) in [5, 5.41) is 16.0. The minimum Gasteiger partial charge on any atom is -0.488 e. The fourth-order valence-corrected chi connectivity index (χ4v) is 12.4. The molecule has 2 bridgehead atoms. The van der Waals surface area contributed by atoms with E-state index in [1.54, 1.807) is 23.1 Å². The van der Waals surface area contributed by atoms with E-state index in [4.69, 9.17) is 4.74 Å². The van der Waals surface area contributed by atoms with Crippen LogP contribution in [0.4, 0.5) is 11.4 Å². The number of hydrogen-bond acceptors (Lipinski definition) is 10. The predicted molar refractivity (Wildman–Crippen MR) is 242 cm³/mol. The molecular weight excluding hydrogens is 809 g/mol. The van der Waals surface area contributed by atoms with E-state index in [1.807, 2.05) is 18.2 Å². The first-order valence-corrected chi connectivity index (χ1v) is 22.9. The number of nitrogens with zero attached hydrogens (tertiary/aromatic N) is 5. The number of nitriles is 1. The highest BCUT2D eigenvalue weighted by Crippen LogP contribution is 2.56. The largest absolute Gasteiger partial charge is 0.488 e. The van der Waals surface area contributed by atoms with Crippen molar-refractivity contribution in [1.29, 1.82) is 5.26 Å². The normalized spacial score (nSPS) is 26.3. The smallest absolute Gasteiger partial charge is 0.255 e. The number of aromatic nitrogens is 1. The molecule has 6 aliphatic rings. The van der Waals surface area contributed by atoms with Crippen LogP contribution in [0.1, 0.15) is 98.1 Å². The minimum absolute atomic E-state index is 0.118. The zero-order valence-corrected chi connectivity index (χ0v) is 37.0. The number of benzene rings is 3. The number of rotatable bonds is 9. The summed E-state index contributed by atoms with van der Waals surface area (Å²) >= 11 is 0. The highest BCUT2D eigenvalue weighted by Gasteiger charge is 2.64. The first-order valence-electron chi connectivity index (χ1n) is 22.9. The molecule has 4 aromatic rings. The molecule has 4 amide bonds. The summed E-state index contributed by atoms with van der Waals surface area (Å²) in [6, 6.07) is 22.9. The number of hydrogen-bond donors (Lipinski definition) is 3. The van der Waals surface area contributed by atoms with E-state index in [2.05, 4.69) is 88.3 Å². The lowest BCUT2D eigenvalue weighted by molar-refractivity contribution is -0.163. The fourth-order valence-electron chi connectivity index (χ4n) is 12.4. The van der Waals surface area contributed by atoms with Gasteiger partial charge in [-0.25, -0.2) is 0 Å². The summed E-state index contributed by atoms with van der Waals surface area (Å²) < 4.78 is 6.64. The number of anilines is 2. The van der Waals surface area contributed by atoms with Gasteiger partial charge >= 0.3 is 0 Å². The molecular formula is C50H56N8O6. The van der Waals surface area contributed by atoms with Crippen LogP contribution >= 0.6 is 0 Å². The first-order chi connectivity index (χ1) is 30.7. The van der Waals surface area contributed by atoms with Crippen molar-refractivity contribution >= 4 is 45.9 Å². The maximum Gasteiger partial charge on any atom is 0.255 e. The SMILES string of the molecule is CC1(C)C(NC(=O)c2ccc(N3CCC(CN4CC5CCC(C4)N5c4ccc5c(c4)CN([C@H]4CCC(=O)NC4=O)C5=O)CC3)cc2)C(C)(C)C1Oc1ccc(C#N)c2[nH]c(=O)ccc12. The van der Waals surface area contributed by atoms with Crippen molar-refractivity contribution in [2.75, 3.05) is 42.5 Å². The van der Waals surface area contributed by atoms with Gasteiger partial charge in [-0.15, -0.1) is 0 Å². The van der Waals surface area contributed by atoms with E-state index >= 15 is 0 Å². The molecule has 6 heterocycles. The number of piperazine rings is 1. The first kappa shape index (κ1) is 41.8. The molecule has 5 aliphatic heterocycles. The lowest BCUT2D eigenvalue weighted by atomic mass is 9.49. The number of likely N-dealkylation sites (tertiary alicyclic amines) is 1. The number of amides is 4. The Morgan fingerprint density at radius 2 is 1.56 bits per heavy atom. The van der Waals surface area contributed by atoms with Gasteiger partial charge in [-0.1, -0.05) is 27.7 Å². The maximum atomic E-state index is 13.7. The molecule has 2 unspecified atom stereocenters. The van der Waals surface area contributed by atoms with Crippen LogP contribution in [0.2, 0.25) is 0 Å². The molecule has 0 spiro atoms. The second kappa shape index (κ2) is 15.8. The number of piperidine rings is 2. The molecule has 0 radical (unpaired) electrons. The van der Waals surface area contributed by atoms with Gasteiger partial charge in [0.15, 0.2) is 0 Å². The Morgan fingerprint density at radius 1 is 0.859 bits per heavy atom. The molecule has 1 aliphatic carbocycles. The second-order valence-corrected chi connectivity index (χ2v) is 20.1. The number of fused-ring (bicyclic) bond motifs is 4. The summed E-state index contributed by atoms with van der Waals surface area (Å²) in [6.07, 6.45) is 4.91. The van der Waals surface area contributed by atoms with Crippen LogP contribution < -0.4 is 30.7 Å². The zero-order chi connectivity index (χ0) is 44.7. The topological polar surface area (TPSA) is 171 Å². The van der Waals surface area contributed by atoms with E-state index in [-0.39, 0.29) is 47.8 Å². The molecule has 3 N–H and O–H groups in total. The van der Waals surface area contributed by atoms with Crippen molar-refractivity contribution in [1.82, 2.24) is 25.4 Å². The van der Waals surface area contributed by atoms with Crippen LogP contribution in [0.3, 0.4) is 0 Å². The lowest BCUT2D eigenvalue weighted by Gasteiger charge is -2.63. The molecule has 332 valence electrons. The summed E-state index contributed by atoms with van der Waals surface area (Å²) in [5.41, 5.74) is 4.25. The van der Waals surface area contributed by atoms with Crippen LogP contribution in [0.5, 0.6) is 5.75 Å². The third-order valence-corrected chi connectivity index (χ3v) is 15.3. The lowest BCUT2D eigenvalue weighted by Crippen LogP contribution is -2.74. The van der Waals surface area contributed by atoms with Crippen molar-refractivity contribution in [2.45, 2.75) is 103 Å². The Morgan fingerprint density at radius 3 is 2.25 bits per heavy atom. The molecule has 1 aromatic heterocycles. The minimum atomic E-state index is -0.607. The van der Waals surface area contributed by atoms with Gasteiger partial charge in [-0.05, 0) is 104 Å². The van der Waals surface area contributed by atoms with E-state index in [0.29, 0.717) is 64.3 Å². The third-order valence-electron chi connectivity index (χ3n) is 15.3. The number of carbonyl (C=O) groups is 4. The number of pyridine rings is 1. The molecule has 5 fully saturated rings. The Kier molecular flexibility index (Phi) is 10.3. The van der Waals surface area contributed by atoms with Gasteiger partial charge in [0, 0.05) is 109 Å². The molecule has 1 saturated carbocycles. The van der Waals surface area contributed by atoms with Crippen molar-refractivity contribution in [3.05, 3.63) is 99.3 Å². The number of imide groups is 1. The monoisotopic (exact) mass is 864 g/mol. The average Bonchev–Trinajstić information content (AvgIpc) is 3.75. The second-order valence-electron chi connectivity index (χ2n) is 20.1. The average molecular weight is 865 g/mol. The molecule has 64 heavy (non-hydrogen) atoms. The van der Waals surface area contributed by atoms with Crippen LogP contribution in [0.15, 0.2) is 71.5 Å². The van der Waals surface area contributed by atoms with E-state index in [9.17, 15) is 29.2 Å². The Balaban J connectivity index is 0.708. The van der Waals surface area contributed by atoms with Crippen LogP contribution in [0, 0.1) is 28.1 Å². The standard InChI is InChI=1S/C50H56N8O6/c1-49(2)47(50(3,4)48(49)64-40-16-7-31(24-51)43-38(40)14-17-41(59)52-43)54-44(61)30-5-8-33(9-6-30)56-21-19-29(20-22-56)25-55-27-35-10-11-36(28-55)58(35)34-12-13-37-32(23-34)26-57(46(37)63)39-15-18-42(60)53-45(39)62/h5-9,12-14,16-17,23,29,35-36,39,47-48H,10-11,15,18-22,25-28H2,1-4H3,(H,52,59)(H,54,61)(H,53,60,62)/t35?,36?,39-,47?,48?/m0/s1. The van der Waals surface area contributed by atoms with Gasteiger partial charge in [0.05, 0.1) is 11.1 Å². The Bertz CT molecular complexity index is 2630. The Labute approximate surface area is 372 Å². The van der Waals surface area contributed by atoms with Crippen molar-refractivity contribution in [2.24, 2.45) is 16.7 Å². The maximum absolute atomic E-state index is 13.7. The molecule has 3 atom stereocenters. The van der Waals surface area contributed by atoms with Crippen LogP contribution in [-0.2, 0) is 16.1 Å². The number of aromatic amines is 1. The van der Waals surface area contributed by atoms with Crippen molar-refractivity contribution < 1.29 is 23.9 Å². The molecule has 14 nitrogen and oxygen atoms in total. The highest BCUT2D eigenvalue weighted by molar-refractivity contribution is 6.05. The number of H-pyrrole nitrogens is 1. The van der Waals surface area contributed by atoms with E-state index < -0.39 is 16.9 Å². The van der Waals surface area contributed by atoms with E-state index in [1.165, 1.54) is 6.07 Å². The zero-order valence-electron chi connectivity index (χ0n) is 37.0. The summed E-state index contributed by atoms with van der Waals surface area (Å²) in [4.78, 5) is 75.4. The van der Waals surface area contributed by atoms with Crippen LogP contribution in [-0.4, -0.2) is 101 Å². The van der Waals surface area contributed by atoms with E-state index in [0.717, 1.165) is 75.3 Å². The quantitative estimate of drug-likeness (QED) is 0.187. The highest BCUT2D eigenvalue weighted by atomic mass is 16.5. The number of nitrogens with one attached hydrogen (secondary N) is 3. The van der Waals surface area contributed by atoms with Gasteiger partial charge in [-0.2, -0.15) is 5.26 Å². The summed E-state index contributed by atoms with van der Waals surface area (Å²) in [7, 11) is 0. The fraction of sp³-hybridized carbons (Fsp3) is 0.480. The van der Waals surface area contributed by atoms with Gasteiger partial charge in [0.1, 0.15) is 24.0 Å². The van der Waals surface area contributed by atoms with Gasteiger partial charge in [0.25, 0.3) is 11.8 Å². The van der Waals surface area contributed by atoms with Gasteiger partial charge < -0.3 is 29.7 Å². The van der Waals surface area contributed by atoms with Crippen LogP contribution in [0.25, 0.3) is 10.9 Å². The summed E-state index contributed by atoms with van der Waals surface area (Å²) in [6.45, 7) is 13.9. The third kappa shape index (κ3) is 7.18. The summed E-state index contributed by atoms with van der Waals surface area (Å²) in [5.74, 6) is 0.301. The molecule has 3 aromatic carbocycles. The van der Waals surface area contributed by atoms with Crippen molar-refractivity contribution in [3.63, 3.8) is 0 Å². The molecule has 10 rings (SSSR count). The predicted octanol–water partition coefficient (Wildman–Crippen LogP) is 5.34. The number of carbonyl (C=O) groups excluding carboxylic acids is 4. The van der Waals surface area contributed by atoms with Crippen molar-refractivity contribution in [3.8, 4) is 11.8 Å². The number of ether oxygens (including phenoxy) is 1. The van der Waals surface area contributed by atoms with Gasteiger partial charge in [-0.3, -0.25) is 34.2 Å².